The summed E-state index contributed by atoms with van der Waals surface area (Å²) < 4.78 is 0. The summed E-state index contributed by atoms with van der Waals surface area (Å²) in [4.78, 5) is 20.9. The number of carbonyl (C=O) groups excluding carboxylic acids is 1. The normalized spacial score (nSPS) is 10.8. The lowest BCUT2D eigenvalue weighted by Gasteiger charge is -2.06. The van der Waals surface area contributed by atoms with E-state index >= 15 is 0 Å². The fourth-order valence-corrected chi connectivity index (χ4v) is 3.58. The Hall–Kier alpha value is -3.48. The van der Waals surface area contributed by atoms with E-state index in [2.05, 4.69) is 20.6 Å². The Kier molecular flexibility index (Phi) is 6.17. The summed E-state index contributed by atoms with van der Waals surface area (Å²) in [5, 5.41) is 9.57. The third-order valence-electron chi connectivity index (χ3n) is 4.16. The Morgan fingerprint density at radius 2 is 1.77 bits per heavy atom. The van der Waals surface area contributed by atoms with E-state index in [1.165, 1.54) is 17.4 Å². The molecule has 5 nitrogen and oxygen atoms in total. The van der Waals surface area contributed by atoms with Gasteiger partial charge in [0.1, 0.15) is 0 Å². The highest BCUT2D eigenvalue weighted by Crippen LogP contribution is 2.27. The molecule has 2 heterocycles. The van der Waals surface area contributed by atoms with Crippen LogP contribution in [0.3, 0.4) is 0 Å². The van der Waals surface area contributed by atoms with E-state index in [4.69, 9.17) is 11.6 Å². The number of nitrogens with one attached hydrogen (secondary N) is 2. The van der Waals surface area contributed by atoms with Crippen molar-refractivity contribution in [1.29, 1.82) is 0 Å². The van der Waals surface area contributed by atoms with Gasteiger partial charge in [-0.1, -0.05) is 29.8 Å². The van der Waals surface area contributed by atoms with Crippen LogP contribution in [-0.2, 0) is 4.79 Å². The number of hydrogen-bond donors (Lipinski definition) is 2. The Morgan fingerprint density at radius 3 is 2.57 bits per heavy atom. The van der Waals surface area contributed by atoms with Crippen molar-refractivity contribution >= 4 is 51.4 Å². The number of nitrogens with zero attached hydrogens (tertiary/aromatic N) is 2. The van der Waals surface area contributed by atoms with Crippen LogP contribution in [0.5, 0.6) is 0 Å². The maximum Gasteiger partial charge on any atom is 0.248 e. The van der Waals surface area contributed by atoms with Crippen LogP contribution in [-0.4, -0.2) is 15.9 Å². The Labute approximate surface area is 183 Å². The van der Waals surface area contributed by atoms with Crippen LogP contribution in [0.15, 0.2) is 84.5 Å². The van der Waals surface area contributed by atoms with Crippen LogP contribution in [0.25, 0.3) is 17.3 Å². The predicted octanol–water partition coefficient (Wildman–Crippen LogP) is 6.25. The highest BCUT2D eigenvalue weighted by molar-refractivity contribution is 7.14. The Bertz CT molecular complexity index is 1170. The third-order valence-corrected chi connectivity index (χ3v) is 5.17. The summed E-state index contributed by atoms with van der Waals surface area (Å²) in [5.41, 5.74) is 4.34. The van der Waals surface area contributed by atoms with Gasteiger partial charge in [-0.3, -0.25) is 9.78 Å². The van der Waals surface area contributed by atoms with Gasteiger partial charge in [-0.2, -0.15) is 0 Å². The van der Waals surface area contributed by atoms with Crippen molar-refractivity contribution in [3.05, 3.63) is 95.1 Å². The topological polar surface area (TPSA) is 66.9 Å². The first-order valence-corrected chi connectivity index (χ1v) is 10.4. The van der Waals surface area contributed by atoms with Crippen LogP contribution < -0.4 is 10.6 Å². The van der Waals surface area contributed by atoms with Gasteiger partial charge in [-0.15, -0.1) is 11.3 Å². The molecular formula is C23H17ClN4OS. The predicted molar refractivity (Wildman–Crippen MR) is 124 cm³/mol. The van der Waals surface area contributed by atoms with Crippen LogP contribution in [0.2, 0.25) is 5.02 Å². The molecule has 7 heteroatoms. The molecule has 0 spiro atoms. The largest absolute Gasteiger partial charge is 0.331 e. The molecule has 2 N–H and O–H groups in total. The van der Waals surface area contributed by atoms with Crippen molar-refractivity contribution < 1.29 is 4.79 Å². The summed E-state index contributed by atoms with van der Waals surface area (Å²) in [6.45, 7) is 0. The fraction of sp³-hybridized carbons (Fsp3) is 0. The van der Waals surface area contributed by atoms with Crippen molar-refractivity contribution in [2.24, 2.45) is 0 Å². The molecule has 1 amide bonds. The zero-order valence-corrected chi connectivity index (χ0v) is 17.3. The monoisotopic (exact) mass is 432 g/mol. The number of thiazole rings is 1. The molecule has 0 aliphatic carbocycles. The molecule has 0 aliphatic rings. The van der Waals surface area contributed by atoms with Crippen molar-refractivity contribution in [1.82, 2.24) is 9.97 Å². The highest BCUT2D eigenvalue weighted by Gasteiger charge is 2.06. The van der Waals surface area contributed by atoms with Gasteiger partial charge in [0, 0.05) is 45.8 Å². The van der Waals surface area contributed by atoms with Gasteiger partial charge in [-0.25, -0.2) is 4.98 Å². The van der Waals surface area contributed by atoms with E-state index in [9.17, 15) is 4.79 Å². The summed E-state index contributed by atoms with van der Waals surface area (Å²) in [6.07, 6.45) is 6.72. The number of halogens is 1. The van der Waals surface area contributed by atoms with Gasteiger partial charge in [0.15, 0.2) is 5.13 Å². The lowest BCUT2D eigenvalue weighted by atomic mass is 10.2. The number of carbonyl (C=O) groups is 1. The van der Waals surface area contributed by atoms with E-state index in [0.29, 0.717) is 10.7 Å². The molecular weight excluding hydrogens is 416 g/mol. The molecule has 0 saturated carbocycles. The van der Waals surface area contributed by atoms with Crippen LogP contribution in [0.4, 0.5) is 16.5 Å². The van der Waals surface area contributed by atoms with Crippen LogP contribution >= 0.6 is 22.9 Å². The first-order chi connectivity index (χ1) is 14.7. The first kappa shape index (κ1) is 19.8. The molecule has 0 bridgehead atoms. The molecule has 0 atom stereocenters. The number of anilines is 3. The van der Waals surface area contributed by atoms with Crippen molar-refractivity contribution in [3.63, 3.8) is 0 Å². The molecule has 4 rings (SSSR count). The zero-order chi connectivity index (χ0) is 20.8. The summed E-state index contributed by atoms with van der Waals surface area (Å²) in [7, 11) is 0. The average molecular weight is 433 g/mol. The fourth-order valence-electron chi connectivity index (χ4n) is 2.71. The number of aromatic nitrogens is 2. The van der Waals surface area contributed by atoms with Gasteiger partial charge in [0.05, 0.1) is 5.69 Å². The van der Waals surface area contributed by atoms with Crippen LogP contribution in [0, 0.1) is 0 Å². The van der Waals surface area contributed by atoms with Gasteiger partial charge in [0.25, 0.3) is 0 Å². The minimum Gasteiger partial charge on any atom is -0.331 e. The van der Waals surface area contributed by atoms with Gasteiger partial charge >= 0.3 is 0 Å². The second-order valence-corrected chi connectivity index (χ2v) is 7.65. The van der Waals surface area contributed by atoms with E-state index in [0.717, 1.165) is 27.6 Å². The lowest BCUT2D eigenvalue weighted by molar-refractivity contribution is -0.111. The van der Waals surface area contributed by atoms with E-state index in [1.54, 1.807) is 30.6 Å². The lowest BCUT2D eigenvalue weighted by Crippen LogP contribution is -2.07. The van der Waals surface area contributed by atoms with Gasteiger partial charge in [0.2, 0.25) is 5.91 Å². The summed E-state index contributed by atoms with van der Waals surface area (Å²) in [6, 6.07) is 18.6. The minimum absolute atomic E-state index is 0.212. The molecule has 0 radical (unpaired) electrons. The highest BCUT2D eigenvalue weighted by atomic mass is 35.5. The first-order valence-electron chi connectivity index (χ1n) is 9.13. The zero-order valence-electron chi connectivity index (χ0n) is 15.7. The van der Waals surface area contributed by atoms with Gasteiger partial charge in [-0.05, 0) is 54.1 Å². The molecule has 0 unspecified atom stereocenters. The van der Waals surface area contributed by atoms with Crippen molar-refractivity contribution in [3.8, 4) is 11.3 Å². The molecule has 30 heavy (non-hydrogen) atoms. The second-order valence-electron chi connectivity index (χ2n) is 6.35. The maximum absolute atomic E-state index is 12.2. The average Bonchev–Trinajstić information content (AvgIpc) is 3.23. The smallest absolute Gasteiger partial charge is 0.248 e. The number of hydrogen-bond acceptors (Lipinski definition) is 5. The molecule has 2 aromatic heterocycles. The van der Waals surface area contributed by atoms with E-state index in [1.807, 2.05) is 53.9 Å². The number of pyridine rings is 1. The van der Waals surface area contributed by atoms with Gasteiger partial charge < -0.3 is 10.6 Å². The minimum atomic E-state index is -0.212. The van der Waals surface area contributed by atoms with E-state index < -0.39 is 0 Å². The number of rotatable bonds is 6. The standard InChI is InChI=1S/C23H17ClN4OS/c24-18-7-4-16(5-8-18)6-9-22(29)26-19-2-1-3-20(14-19)27-23-28-21(15-30-23)17-10-12-25-13-11-17/h1-15H,(H,26,29)(H,27,28)/b9-6+. The number of benzene rings is 2. The van der Waals surface area contributed by atoms with Crippen molar-refractivity contribution in [2.75, 3.05) is 10.6 Å². The molecule has 0 saturated heterocycles. The second kappa shape index (κ2) is 9.35. The third kappa shape index (κ3) is 5.31. The Balaban J connectivity index is 1.40. The SMILES string of the molecule is O=C(/C=C/c1ccc(Cl)cc1)Nc1cccc(Nc2nc(-c3ccncc3)cs2)c1. The molecule has 2 aromatic carbocycles. The Morgan fingerprint density at radius 1 is 1.00 bits per heavy atom. The molecule has 0 aliphatic heterocycles. The number of amides is 1. The molecule has 4 aromatic rings. The quantitative estimate of drug-likeness (QED) is 0.353. The summed E-state index contributed by atoms with van der Waals surface area (Å²) >= 11 is 7.39. The summed E-state index contributed by atoms with van der Waals surface area (Å²) in [5.74, 6) is -0.212. The van der Waals surface area contributed by atoms with E-state index in [-0.39, 0.29) is 5.91 Å². The van der Waals surface area contributed by atoms with Crippen LogP contribution in [0.1, 0.15) is 5.56 Å². The maximum atomic E-state index is 12.2. The molecule has 0 fully saturated rings. The van der Waals surface area contributed by atoms with Crippen molar-refractivity contribution in [2.45, 2.75) is 0 Å². The molecule has 148 valence electrons.